The summed E-state index contributed by atoms with van der Waals surface area (Å²) in [5.41, 5.74) is 0.216. The molecule has 9 nitrogen and oxygen atoms in total. The Morgan fingerprint density at radius 1 is 1.18 bits per heavy atom. The summed E-state index contributed by atoms with van der Waals surface area (Å²) in [5.74, 6) is -0.124. The smallest absolute Gasteiger partial charge is 0.387 e. The first kappa shape index (κ1) is 25.4. The molecule has 0 unspecified atom stereocenters. The van der Waals surface area contributed by atoms with Crippen LogP contribution in [0.3, 0.4) is 0 Å². The van der Waals surface area contributed by atoms with Crippen LogP contribution in [0.15, 0.2) is 48.7 Å². The van der Waals surface area contributed by atoms with Crippen molar-refractivity contribution < 1.29 is 31.5 Å². The van der Waals surface area contributed by atoms with Crippen molar-refractivity contribution in [1.29, 1.82) is 0 Å². The second-order valence-electron chi connectivity index (χ2n) is 7.27. The van der Waals surface area contributed by atoms with Gasteiger partial charge in [0.2, 0.25) is 15.9 Å². The maximum atomic E-state index is 12.7. The van der Waals surface area contributed by atoms with E-state index in [0.29, 0.717) is 26.2 Å². The predicted octanol–water partition coefficient (Wildman–Crippen LogP) is 1.97. The molecule has 1 aliphatic rings. The number of nitrogens with zero attached hydrogens (tertiary/aromatic N) is 3. The van der Waals surface area contributed by atoms with Gasteiger partial charge in [0.1, 0.15) is 5.82 Å². The van der Waals surface area contributed by atoms with E-state index in [2.05, 4.69) is 15.0 Å². The van der Waals surface area contributed by atoms with Crippen molar-refractivity contribution in [3.8, 4) is 11.5 Å². The van der Waals surface area contributed by atoms with E-state index < -0.39 is 22.5 Å². The molecular weight excluding hydrogens is 470 g/mol. The molecule has 0 spiro atoms. The number of hydrogen-bond donors (Lipinski definition) is 1. The fraction of sp³-hybridized carbons (Fsp3) is 0.364. The number of methoxy groups -OCH3 is 1. The van der Waals surface area contributed by atoms with Gasteiger partial charge in [0.25, 0.3) is 0 Å². The highest BCUT2D eigenvalue weighted by Gasteiger charge is 2.27. The van der Waals surface area contributed by atoms with Crippen LogP contribution in [0.4, 0.5) is 14.6 Å². The monoisotopic (exact) mass is 496 g/mol. The average Bonchev–Trinajstić information content (AvgIpc) is 2.83. The number of alkyl halides is 2. The quantitative estimate of drug-likeness (QED) is 0.502. The summed E-state index contributed by atoms with van der Waals surface area (Å²) >= 11 is 0. The van der Waals surface area contributed by atoms with Gasteiger partial charge >= 0.3 is 6.61 Å². The van der Waals surface area contributed by atoms with Crippen molar-refractivity contribution in [3.05, 3.63) is 54.2 Å². The number of halogens is 2. The van der Waals surface area contributed by atoms with Crippen LogP contribution in [0, 0.1) is 0 Å². The van der Waals surface area contributed by atoms with Crippen molar-refractivity contribution in [2.75, 3.05) is 50.5 Å². The molecule has 0 aliphatic carbocycles. The van der Waals surface area contributed by atoms with E-state index in [4.69, 9.17) is 4.74 Å². The number of pyridine rings is 1. The molecule has 1 fully saturated rings. The minimum absolute atomic E-state index is 0.0928. The number of para-hydroxylation sites is 1. The molecule has 12 heteroatoms. The second kappa shape index (κ2) is 11.7. The first-order valence-electron chi connectivity index (χ1n) is 10.5. The number of ether oxygens (including phenoxy) is 2. The topological polar surface area (TPSA) is 101 Å². The van der Waals surface area contributed by atoms with Gasteiger partial charge in [0, 0.05) is 50.6 Å². The summed E-state index contributed by atoms with van der Waals surface area (Å²) in [5, 5.41) is 2.50. The number of sulfonamides is 1. The summed E-state index contributed by atoms with van der Waals surface area (Å²) in [4.78, 5) is 18.4. The van der Waals surface area contributed by atoms with Crippen LogP contribution in [-0.4, -0.2) is 75.8 Å². The average molecular weight is 497 g/mol. The van der Waals surface area contributed by atoms with Gasteiger partial charge in [-0.1, -0.05) is 18.2 Å². The van der Waals surface area contributed by atoms with Crippen molar-refractivity contribution in [2.24, 2.45) is 0 Å². The molecule has 184 valence electrons. The lowest BCUT2D eigenvalue weighted by Gasteiger charge is -2.34. The van der Waals surface area contributed by atoms with Gasteiger partial charge in [-0.3, -0.25) is 4.79 Å². The van der Waals surface area contributed by atoms with E-state index >= 15 is 0 Å². The Morgan fingerprint density at radius 2 is 1.94 bits per heavy atom. The number of nitrogens with one attached hydrogen (secondary N) is 1. The second-order valence-corrected chi connectivity index (χ2v) is 9.36. The van der Waals surface area contributed by atoms with Gasteiger partial charge in [-0.2, -0.15) is 13.1 Å². The van der Waals surface area contributed by atoms with Crippen LogP contribution < -0.4 is 19.7 Å². The standard InChI is InChI=1S/C22H26F2N4O5S/c1-32-18-6-4-5-17(21(18)33-22(23)24)8-9-20(29)26-11-16-34(30,31)28-14-12-27(13-15-28)19-7-2-3-10-25-19/h2-10,22H,11-16H2,1H3,(H,26,29)/b9-8+. The molecule has 0 radical (unpaired) electrons. The minimum atomic E-state index is -3.55. The van der Waals surface area contributed by atoms with Crippen LogP contribution >= 0.6 is 0 Å². The Morgan fingerprint density at radius 3 is 2.59 bits per heavy atom. The van der Waals surface area contributed by atoms with Gasteiger partial charge in [-0.05, 0) is 24.3 Å². The molecule has 0 saturated carbocycles. The highest BCUT2D eigenvalue weighted by Crippen LogP contribution is 2.33. The van der Waals surface area contributed by atoms with Gasteiger partial charge in [-0.15, -0.1) is 0 Å². The lowest BCUT2D eigenvalue weighted by molar-refractivity contribution is -0.116. The van der Waals surface area contributed by atoms with Gasteiger partial charge < -0.3 is 19.7 Å². The summed E-state index contributed by atoms with van der Waals surface area (Å²) in [6.45, 7) is -1.45. The van der Waals surface area contributed by atoms with Crippen molar-refractivity contribution in [3.63, 3.8) is 0 Å². The zero-order valence-electron chi connectivity index (χ0n) is 18.6. The summed E-state index contributed by atoms with van der Waals surface area (Å²) < 4.78 is 61.6. The number of rotatable bonds is 10. The van der Waals surface area contributed by atoms with Gasteiger partial charge in [0.15, 0.2) is 11.5 Å². The van der Waals surface area contributed by atoms with E-state index in [-0.39, 0.29) is 29.4 Å². The van der Waals surface area contributed by atoms with E-state index in [9.17, 15) is 22.0 Å². The molecular formula is C22H26F2N4O5S. The Labute approximate surface area is 197 Å². The Bertz CT molecular complexity index is 1090. The Hall–Kier alpha value is -3.25. The zero-order chi connectivity index (χ0) is 24.6. The first-order valence-corrected chi connectivity index (χ1v) is 12.1. The largest absolute Gasteiger partial charge is 0.493 e. The molecule has 34 heavy (non-hydrogen) atoms. The number of carbonyl (C=O) groups excluding carboxylic acids is 1. The fourth-order valence-corrected chi connectivity index (χ4v) is 4.77. The summed E-state index contributed by atoms with van der Waals surface area (Å²) in [6.07, 6.45) is 4.10. The number of anilines is 1. The maximum absolute atomic E-state index is 12.7. The number of benzene rings is 1. The van der Waals surface area contributed by atoms with Crippen LogP contribution in [0.5, 0.6) is 11.5 Å². The number of carbonyl (C=O) groups is 1. The van der Waals surface area contributed by atoms with E-state index in [0.717, 1.165) is 11.9 Å². The molecule has 1 N–H and O–H groups in total. The number of amides is 1. The molecule has 2 aromatic rings. The van der Waals surface area contributed by atoms with Gasteiger partial charge in [-0.25, -0.2) is 13.4 Å². The number of hydrogen-bond acceptors (Lipinski definition) is 7. The van der Waals surface area contributed by atoms with E-state index in [1.54, 1.807) is 12.3 Å². The Kier molecular flexibility index (Phi) is 8.77. The molecule has 1 amide bonds. The summed E-state index contributed by atoms with van der Waals surface area (Å²) in [6, 6.07) is 10.1. The predicted molar refractivity (Wildman–Crippen MR) is 123 cm³/mol. The molecule has 3 rings (SSSR count). The van der Waals surface area contributed by atoms with E-state index in [1.165, 1.54) is 29.6 Å². The van der Waals surface area contributed by atoms with Crippen molar-refractivity contribution >= 4 is 27.8 Å². The summed E-state index contributed by atoms with van der Waals surface area (Å²) in [7, 11) is -2.24. The molecule has 1 saturated heterocycles. The molecule has 0 atom stereocenters. The highest BCUT2D eigenvalue weighted by atomic mass is 32.2. The Balaban J connectivity index is 1.50. The maximum Gasteiger partial charge on any atom is 0.387 e. The molecule has 0 bridgehead atoms. The SMILES string of the molecule is COc1cccc(/C=C/C(=O)NCCS(=O)(=O)N2CCN(c3ccccn3)CC2)c1OC(F)F. The molecule has 2 heterocycles. The minimum Gasteiger partial charge on any atom is -0.493 e. The zero-order valence-corrected chi connectivity index (χ0v) is 19.4. The fourth-order valence-electron chi connectivity index (χ4n) is 3.43. The van der Waals surface area contributed by atoms with Crippen LogP contribution in [0.25, 0.3) is 6.08 Å². The van der Waals surface area contributed by atoms with Crippen LogP contribution in [0.1, 0.15) is 5.56 Å². The van der Waals surface area contributed by atoms with Crippen LogP contribution in [-0.2, 0) is 14.8 Å². The lowest BCUT2D eigenvalue weighted by atomic mass is 10.1. The number of piperazine rings is 1. The van der Waals surface area contributed by atoms with Gasteiger partial charge in [0.05, 0.1) is 12.9 Å². The first-order chi connectivity index (χ1) is 16.3. The van der Waals surface area contributed by atoms with Crippen molar-refractivity contribution in [2.45, 2.75) is 6.61 Å². The van der Waals surface area contributed by atoms with Crippen LogP contribution in [0.2, 0.25) is 0 Å². The highest BCUT2D eigenvalue weighted by molar-refractivity contribution is 7.89. The molecule has 1 aromatic carbocycles. The number of aromatic nitrogens is 1. The third-order valence-electron chi connectivity index (χ3n) is 5.12. The van der Waals surface area contributed by atoms with Crippen molar-refractivity contribution in [1.82, 2.24) is 14.6 Å². The third-order valence-corrected chi connectivity index (χ3v) is 6.99. The van der Waals surface area contributed by atoms with E-state index in [1.807, 2.05) is 23.1 Å². The molecule has 1 aliphatic heterocycles. The molecule has 1 aromatic heterocycles. The normalized spacial score (nSPS) is 15.0. The lowest BCUT2D eigenvalue weighted by Crippen LogP contribution is -2.50. The third kappa shape index (κ3) is 6.87.